The van der Waals surface area contributed by atoms with Crippen LogP contribution in [0.2, 0.25) is 0 Å². The van der Waals surface area contributed by atoms with Gasteiger partial charge in [0.1, 0.15) is 0 Å². The molecule has 0 fully saturated rings. The van der Waals surface area contributed by atoms with Crippen LogP contribution in [0, 0.1) is 6.92 Å². The molecule has 1 rings (SSSR count). The molecule has 1 aromatic rings. The zero-order valence-corrected chi connectivity index (χ0v) is 8.23. The Morgan fingerprint density at radius 2 is 2.38 bits per heavy atom. The third-order valence-electron chi connectivity index (χ3n) is 1.64. The summed E-state index contributed by atoms with van der Waals surface area (Å²) >= 11 is 1.44. The number of hydrogen-bond acceptors (Lipinski definition) is 4. The number of carboxylic acid groups (broad SMARTS) is 1. The Morgan fingerprint density at radius 1 is 1.69 bits per heavy atom. The topological polar surface area (TPSA) is 76.2 Å². The maximum Gasteiger partial charge on any atom is 0.355 e. The minimum atomic E-state index is -0.951. The second-order valence-corrected chi connectivity index (χ2v) is 4.00. The predicted molar refractivity (Wildman–Crippen MR) is 51.2 cm³/mol. The lowest BCUT2D eigenvalue weighted by atomic mass is 10.3. The van der Waals surface area contributed by atoms with Gasteiger partial charge < -0.3 is 10.8 Å². The Hall–Kier alpha value is -0.940. The molecule has 4 nitrogen and oxygen atoms in total. The lowest BCUT2D eigenvalue weighted by Gasteiger charge is -1.90. The van der Waals surface area contributed by atoms with Crippen LogP contribution >= 0.6 is 11.3 Å². The van der Waals surface area contributed by atoms with E-state index in [-0.39, 0.29) is 5.69 Å². The molecule has 0 amide bonds. The fourth-order valence-corrected chi connectivity index (χ4v) is 1.98. The Labute approximate surface area is 80.4 Å². The number of hydrogen-bond donors (Lipinski definition) is 2. The highest BCUT2D eigenvalue weighted by molar-refractivity contribution is 7.11. The normalized spacial score (nSPS) is 10.3. The minimum absolute atomic E-state index is 0.178. The number of carboxylic acids is 1. The van der Waals surface area contributed by atoms with Crippen molar-refractivity contribution < 1.29 is 9.90 Å². The van der Waals surface area contributed by atoms with Gasteiger partial charge in [-0.1, -0.05) is 0 Å². The maximum absolute atomic E-state index is 10.6. The highest BCUT2D eigenvalue weighted by Crippen LogP contribution is 2.18. The van der Waals surface area contributed by atoms with Gasteiger partial charge in [0.05, 0.1) is 5.01 Å². The van der Waals surface area contributed by atoms with Gasteiger partial charge in [0.25, 0.3) is 0 Å². The fourth-order valence-electron chi connectivity index (χ4n) is 1.01. The molecule has 0 saturated heterocycles. The summed E-state index contributed by atoms with van der Waals surface area (Å²) in [5.41, 5.74) is 5.52. The van der Waals surface area contributed by atoms with Crippen LogP contribution in [0.3, 0.4) is 0 Å². The summed E-state index contributed by atoms with van der Waals surface area (Å²) in [6.07, 6.45) is 1.63. The molecule has 72 valence electrons. The van der Waals surface area contributed by atoms with Gasteiger partial charge in [0, 0.05) is 11.3 Å². The van der Waals surface area contributed by atoms with E-state index >= 15 is 0 Å². The standard InChI is InChI=1S/C8H12N2O2S/c1-5-7(8(11)12)10-6(13-5)3-2-4-9/h2-4,9H2,1H3,(H,11,12). The van der Waals surface area contributed by atoms with Gasteiger partial charge in [-0.05, 0) is 19.9 Å². The summed E-state index contributed by atoms with van der Waals surface area (Å²) in [5, 5.41) is 9.59. The maximum atomic E-state index is 10.6. The van der Waals surface area contributed by atoms with Crippen LogP contribution in [0.1, 0.15) is 26.8 Å². The third-order valence-corrected chi connectivity index (χ3v) is 2.67. The van der Waals surface area contributed by atoms with Crippen molar-refractivity contribution in [2.75, 3.05) is 6.54 Å². The van der Waals surface area contributed by atoms with Crippen molar-refractivity contribution in [1.82, 2.24) is 4.98 Å². The molecule has 3 N–H and O–H groups in total. The largest absolute Gasteiger partial charge is 0.476 e. The van der Waals surface area contributed by atoms with E-state index < -0.39 is 5.97 Å². The molecular weight excluding hydrogens is 188 g/mol. The lowest BCUT2D eigenvalue weighted by Crippen LogP contribution is -2.01. The number of carbonyl (C=O) groups is 1. The Kier molecular flexibility index (Phi) is 3.39. The average Bonchev–Trinajstić information content (AvgIpc) is 2.43. The molecule has 0 bridgehead atoms. The number of aromatic carboxylic acids is 1. The molecular formula is C8H12N2O2S. The van der Waals surface area contributed by atoms with Crippen molar-refractivity contribution in [3.8, 4) is 0 Å². The number of nitrogens with zero attached hydrogens (tertiary/aromatic N) is 1. The van der Waals surface area contributed by atoms with Gasteiger partial charge in [-0.15, -0.1) is 11.3 Å². The highest BCUT2D eigenvalue weighted by atomic mass is 32.1. The van der Waals surface area contributed by atoms with Crippen molar-refractivity contribution in [3.63, 3.8) is 0 Å². The molecule has 0 unspecified atom stereocenters. The van der Waals surface area contributed by atoms with Gasteiger partial charge in [-0.3, -0.25) is 0 Å². The minimum Gasteiger partial charge on any atom is -0.476 e. The van der Waals surface area contributed by atoms with Gasteiger partial charge >= 0.3 is 5.97 Å². The van der Waals surface area contributed by atoms with E-state index in [2.05, 4.69) is 4.98 Å². The Morgan fingerprint density at radius 3 is 2.85 bits per heavy atom. The molecule has 0 spiro atoms. The summed E-state index contributed by atoms with van der Waals surface area (Å²) in [5.74, 6) is -0.951. The third kappa shape index (κ3) is 2.50. The number of thiazole rings is 1. The first-order chi connectivity index (χ1) is 6.15. The fraction of sp³-hybridized carbons (Fsp3) is 0.500. The van der Waals surface area contributed by atoms with Crippen molar-refractivity contribution in [3.05, 3.63) is 15.6 Å². The quantitative estimate of drug-likeness (QED) is 0.761. The van der Waals surface area contributed by atoms with Crippen molar-refractivity contribution in [2.45, 2.75) is 19.8 Å². The zero-order chi connectivity index (χ0) is 9.84. The van der Waals surface area contributed by atoms with E-state index in [1.165, 1.54) is 11.3 Å². The van der Waals surface area contributed by atoms with E-state index in [9.17, 15) is 4.79 Å². The summed E-state index contributed by atoms with van der Waals surface area (Å²) in [6.45, 7) is 2.38. The van der Waals surface area contributed by atoms with E-state index in [0.29, 0.717) is 6.54 Å². The first kappa shape index (κ1) is 10.1. The second-order valence-electron chi connectivity index (χ2n) is 2.71. The molecule has 0 saturated carbocycles. The Bertz CT molecular complexity index is 309. The average molecular weight is 200 g/mol. The van der Waals surface area contributed by atoms with E-state index in [0.717, 1.165) is 22.7 Å². The molecule has 5 heteroatoms. The summed E-state index contributed by atoms with van der Waals surface area (Å²) in [4.78, 5) is 15.4. The van der Waals surface area contributed by atoms with E-state index in [1.54, 1.807) is 6.92 Å². The van der Waals surface area contributed by atoms with Crippen molar-refractivity contribution in [2.24, 2.45) is 5.73 Å². The van der Waals surface area contributed by atoms with Crippen LogP contribution < -0.4 is 5.73 Å². The smallest absolute Gasteiger partial charge is 0.355 e. The monoisotopic (exact) mass is 200 g/mol. The summed E-state index contributed by atoms with van der Waals surface area (Å²) in [7, 11) is 0. The zero-order valence-electron chi connectivity index (χ0n) is 7.41. The van der Waals surface area contributed by atoms with Crippen LogP contribution in [-0.4, -0.2) is 22.6 Å². The van der Waals surface area contributed by atoms with Crippen LogP contribution in [0.25, 0.3) is 0 Å². The second kappa shape index (κ2) is 4.34. The predicted octanol–water partition coefficient (Wildman–Crippen LogP) is 1.04. The first-order valence-corrected chi connectivity index (χ1v) is 4.86. The van der Waals surface area contributed by atoms with Gasteiger partial charge in [-0.25, -0.2) is 9.78 Å². The highest BCUT2D eigenvalue weighted by Gasteiger charge is 2.13. The van der Waals surface area contributed by atoms with E-state index in [1.807, 2.05) is 0 Å². The van der Waals surface area contributed by atoms with E-state index in [4.69, 9.17) is 10.8 Å². The number of aryl methyl sites for hydroxylation is 2. The summed E-state index contributed by atoms with van der Waals surface area (Å²) in [6, 6.07) is 0. The molecule has 1 heterocycles. The van der Waals surface area contributed by atoms with Crippen LogP contribution in [-0.2, 0) is 6.42 Å². The molecule has 0 atom stereocenters. The van der Waals surface area contributed by atoms with Crippen molar-refractivity contribution in [1.29, 1.82) is 0 Å². The molecule has 0 radical (unpaired) electrons. The van der Waals surface area contributed by atoms with Crippen LogP contribution in [0.4, 0.5) is 0 Å². The van der Waals surface area contributed by atoms with Gasteiger partial charge in [0.15, 0.2) is 5.69 Å². The molecule has 0 aliphatic rings. The summed E-state index contributed by atoms with van der Waals surface area (Å²) < 4.78 is 0. The number of nitrogens with two attached hydrogens (primary N) is 1. The van der Waals surface area contributed by atoms with Gasteiger partial charge in [0.2, 0.25) is 0 Å². The Balaban J connectivity index is 2.76. The number of rotatable bonds is 4. The van der Waals surface area contributed by atoms with Crippen LogP contribution in [0.15, 0.2) is 0 Å². The number of aromatic nitrogens is 1. The van der Waals surface area contributed by atoms with Crippen LogP contribution in [0.5, 0.6) is 0 Å². The molecule has 0 aliphatic heterocycles. The molecule has 0 aromatic carbocycles. The first-order valence-electron chi connectivity index (χ1n) is 4.04. The molecule has 1 aromatic heterocycles. The molecule has 13 heavy (non-hydrogen) atoms. The van der Waals surface area contributed by atoms with Crippen molar-refractivity contribution >= 4 is 17.3 Å². The van der Waals surface area contributed by atoms with Gasteiger partial charge in [-0.2, -0.15) is 0 Å². The lowest BCUT2D eigenvalue weighted by molar-refractivity contribution is 0.0690. The molecule has 0 aliphatic carbocycles. The SMILES string of the molecule is Cc1sc(CCCN)nc1C(=O)O.